The lowest BCUT2D eigenvalue weighted by Crippen LogP contribution is -2.02. The van der Waals surface area contributed by atoms with Gasteiger partial charge in [-0.2, -0.15) is 0 Å². The Bertz CT molecular complexity index is 498. The highest BCUT2D eigenvalue weighted by Crippen LogP contribution is 2.28. The Kier molecular flexibility index (Phi) is 3.99. The standard InChI is InChI=1S/C11H10BrIN2O/c12-7-1-2-9(13)8(5-7)10-6-15-11(16-10)3-4-14/h1-2,5-6H,3-4,14H2. The minimum absolute atomic E-state index is 0.551. The number of aromatic nitrogens is 1. The molecule has 1 aromatic carbocycles. The molecular weight excluding hydrogens is 383 g/mol. The number of benzene rings is 1. The molecule has 2 rings (SSSR count). The van der Waals surface area contributed by atoms with E-state index in [4.69, 9.17) is 10.2 Å². The topological polar surface area (TPSA) is 52.0 Å². The molecule has 5 heteroatoms. The Balaban J connectivity index is 2.38. The van der Waals surface area contributed by atoms with Crippen LogP contribution in [0.3, 0.4) is 0 Å². The summed E-state index contributed by atoms with van der Waals surface area (Å²) >= 11 is 5.72. The van der Waals surface area contributed by atoms with Gasteiger partial charge in [0.05, 0.1) is 6.20 Å². The summed E-state index contributed by atoms with van der Waals surface area (Å²) in [5, 5.41) is 0. The number of nitrogens with two attached hydrogens (primary N) is 1. The van der Waals surface area contributed by atoms with Gasteiger partial charge in [-0.25, -0.2) is 4.98 Å². The van der Waals surface area contributed by atoms with Gasteiger partial charge in [-0.15, -0.1) is 0 Å². The Morgan fingerprint density at radius 1 is 1.44 bits per heavy atom. The molecule has 0 amide bonds. The number of oxazole rings is 1. The molecule has 0 aliphatic rings. The quantitative estimate of drug-likeness (QED) is 0.816. The van der Waals surface area contributed by atoms with E-state index < -0.39 is 0 Å². The molecule has 1 aromatic heterocycles. The van der Waals surface area contributed by atoms with Crippen LogP contribution in [0.4, 0.5) is 0 Å². The van der Waals surface area contributed by atoms with Crippen LogP contribution in [0.25, 0.3) is 11.3 Å². The van der Waals surface area contributed by atoms with E-state index >= 15 is 0 Å². The molecule has 0 fully saturated rings. The minimum atomic E-state index is 0.551. The largest absolute Gasteiger partial charge is 0.441 e. The zero-order chi connectivity index (χ0) is 11.5. The predicted octanol–water partition coefficient (Wildman–Crippen LogP) is 3.21. The van der Waals surface area contributed by atoms with Crippen molar-refractivity contribution < 1.29 is 4.42 Å². The smallest absolute Gasteiger partial charge is 0.196 e. The second-order valence-electron chi connectivity index (χ2n) is 3.28. The summed E-state index contributed by atoms with van der Waals surface area (Å²) in [6.45, 7) is 0.551. The molecule has 0 bridgehead atoms. The van der Waals surface area contributed by atoms with Gasteiger partial charge < -0.3 is 10.2 Å². The van der Waals surface area contributed by atoms with Gasteiger partial charge >= 0.3 is 0 Å². The van der Waals surface area contributed by atoms with Crippen LogP contribution in [0.1, 0.15) is 5.89 Å². The average molecular weight is 393 g/mol. The van der Waals surface area contributed by atoms with E-state index in [0.717, 1.165) is 19.4 Å². The molecule has 0 aliphatic heterocycles. The third-order valence-electron chi connectivity index (χ3n) is 2.11. The third kappa shape index (κ3) is 2.64. The highest BCUT2D eigenvalue weighted by Gasteiger charge is 2.09. The second kappa shape index (κ2) is 5.29. The maximum atomic E-state index is 5.63. The van der Waals surface area contributed by atoms with Crippen molar-refractivity contribution in [2.75, 3.05) is 6.54 Å². The number of nitrogens with zero attached hydrogens (tertiary/aromatic N) is 1. The summed E-state index contributed by atoms with van der Waals surface area (Å²) in [5.74, 6) is 1.47. The molecule has 16 heavy (non-hydrogen) atoms. The van der Waals surface area contributed by atoms with Crippen molar-refractivity contribution in [2.24, 2.45) is 5.73 Å². The molecule has 0 saturated heterocycles. The first-order valence-electron chi connectivity index (χ1n) is 4.81. The van der Waals surface area contributed by atoms with Gasteiger partial charge in [-0.05, 0) is 40.8 Å². The van der Waals surface area contributed by atoms with Crippen molar-refractivity contribution in [3.63, 3.8) is 0 Å². The van der Waals surface area contributed by atoms with Crippen molar-refractivity contribution in [1.29, 1.82) is 0 Å². The molecule has 0 saturated carbocycles. The summed E-state index contributed by atoms with van der Waals surface area (Å²) in [4.78, 5) is 4.19. The molecular formula is C11H10BrIN2O. The van der Waals surface area contributed by atoms with Crippen LogP contribution >= 0.6 is 38.5 Å². The number of rotatable bonds is 3. The van der Waals surface area contributed by atoms with Gasteiger partial charge in [0.1, 0.15) is 0 Å². The molecule has 1 heterocycles. The number of hydrogen-bond donors (Lipinski definition) is 1. The first-order chi connectivity index (χ1) is 7.70. The molecule has 0 aliphatic carbocycles. The van der Waals surface area contributed by atoms with Crippen LogP contribution in [0.2, 0.25) is 0 Å². The van der Waals surface area contributed by atoms with E-state index in [0.29, 0.717) is 18.9 Å². The fraction of sp³-hybridized carbons (Fsp3) is 0.182. The molecule has 2 N–H and O–H groups in total. The SMILES string of the molecule is NCCc1ncc(-c2cc(Br)ccc2I)o1. The van der Waals surface area contributed by atoms with Crippen LogP contribution < -0.4 is 5.73 Å². The van der Waals surface area contributed by atoms with Crippen molar-refractivity contribution >= 4 is 38.5 Å². The van der Waals surface area contributed by atoms with E-state index in [2.05, 4.69) is 43.5 Å². The van der Waals surface area contributed by atoms with Crippen molar-refractivity contribution in [2.45, 2.75) is 6.42 Å². The fourth-order valence-corrected chi connectivity index (χ4v) is 2.32. The zero-order valence-corrected chi connectivity index (χ0v) is 12.2. The number of halogens is 2. The van der Waals surface area contributed by atoms with Crippen LogP contribution in [-0.4, -0.2) is 11.5 Å². The Morgan fingerprint density at radius 2 is 2.25 bits per heavy atom. The Labute approximate surface area is 116 Å². The maximum Gasteiger partial charge on any atom is 0.196 e. The van der Waals surface area contributed by atoms with E-state index in [-0.39, 0.29) is 0 Å². The van der Waals surface area contributed by atoms with Gasteiger partial charge in [-0.1, -0.05) is 15.9 Å². The summed E-state index contributed by atoms with van der Waals surface area (Å²) in [5.41, 5.74) is 6.50. The predicted molar refractivity (Wildman–Crippen MR) is 75.1 cm³/mol. The summed E-state index contributed by atoms with van der Waals surface area (Å²) in [6, 6.07) is 6.06. The molecule has 0 atom stereocenters. The maximum absolute atomic E-state index is 5.63. The van der Waals surface area contributed by atoms with Gasteiger partial charge in [0, 0.05) is 26.6 Å². The third-order valence-corrected chi connectivity index (χ3v) is 3.54. The van der Waals surface area contributed by atoms with E-state index in [1.165, 1.54) is 0 Å². The van der Waals surface area contributed by atoms with E-state index in [1.54, 1.807) is 6.20 Å². The van der Waals surface area contributed by atoms with Gasteiger partial charge in [0.2, 0.25) is 0 Å². The second-order valence-corrected chi connectivity index (χ2v) is 5.36. The zero-order valence-electron chi connectivity index (χ0n) is 8.41. The molecule has 0 radical (unpaired) electrons. The van der Waals surface area contributed by atoms with Crippen LogP contribution in [0.15, 0.2) is 33.3 Å². The lowest BCUT2D eigenvalue weighted by molar-refractivity contribution is 0.508. The average Bonchev–Trinajstić information content (AvgIpc) is 2.71. The van der Waals surface area contributed by atoms with E-state index in [9.17, 15) is 0 Å². The van der Waals surface area contributed by atoms with Gasteiger partial charge in [0.15, 0.2) is 11.7 Å². The van der Waals surface area contributed by atoms with Crippen molar-refractivity contribution in [3.8, 4) is 11.3 Å². The van der Waals surface area contributed by atoms with Crippen molar-refractivity contribution in [1.82, 2.24) is 4.98 Å². The molecule has 0 unspecified atom stereocenters. The van der Waals surface area contributed by atoms with Crippen LogP contribution in [0, 0.1) is 3.57 Å². The van der Waals surface area contributed by atoms with E-state index in [1.807, 2.05) is 18.2 Å². The normalized spacial score (nSPS) is 10.7. The Morgan fingerprint density at radius 3 is 3.00 bits per heavy atom. The Hall–Kier alpha value is -0.400. The summed E-state index contributed by atoms with van der Waals surface area (Å²) < 4.78 is 7.79. The fourth-order valence-electron chi connectivity index (χ4n) is 1.36. The lowest BCUT2D eigenvalue weighted by Gasteiger charge is -2.01. The lowest BCUT2D eigenvalue weighted by atomic mass is 10.2. The molecule has 84 valence electrons. The molecule has 2 aromatic rings. The number of hydrogen-bond acceptors (Lipinski definition) is 3. The van der Waals surface area contributed by atoms with Gasteiger partial charge in [0.25, 0.3) is 0 Å². The van der Waals surface area contributed by atoms with Crippen molar-refractivity contribution in [3.05, 3.63) is 38.3 Å². The van der Waals surface area contributed by atoms with Crippen LogP contribution in [-0.2, 0) is 6.42 Å². The summed E-state index contributed by atoms with van der Waals surface area (Å²) in [7, 11) is 0. The highest BCUT2D eigenvalue weighted by molar-refractivity contribution is 14.1. The monoisotopic (exact) mass is 392 g/mol. The highest BCUT2D eigenvalue weighted by atomic mass is 127. The first kappa shape index (κ1) is 12.1. The first-order valence-corrected chi connectivity index (χ1v) is 6.68. The minimum Gasteiger partial charge on any atom is -0.441 e. The summed E-state index contributed by atoms with van der Waals surface area (Å²) in [6.07, 6.45) is 2.42. The van der Waals surface area contributed by atoms with Gasteiger partial charge in [-0.3, -0.25) is 0 Å². The molecule has 0 spiro atoms. The van der Waals surface area contributed by atoms with Crippen LogP contribution in [0.5, 0.6) is 0 Å². The molecule has 3 nitrogen and oxygen atoms in total.